The van der Waals surface area contributed by atoms with Crippen LogP contribution in [0.3, 0.4) is 0 Å². The molecule has 7 nitrogen and oxygen atoms in total. The number of nitrogens with zero attached hydrogens (tertiary/aromatic N) is 3. The molecule has 0 bridgehead atoms. The Balaban J connectivity index is 1.63. The van der Waals surface area contributed by atoms with Crippen LogP contribution in [0.2, 0.25) is 0 Å². The number of anilines is 1. The van der Waals surface area contributed by atoms with Gasteiger partial charge in [-0.05, 0) is 56.7 Å². The normalized spacial score (nSPS) is 11.8. The van der Waals surface area contributed by atoms with Crippen LogP contribution in [0.5, 0.6) is 11.5 Å². The van der Waals surface area contributed by atoms with E-state index in [9.17, 15) is 4.79 Å². The van der Waals surface area contributed by atoms with E-state index in [2.05, 4.69) is 31.4 Å². The van der Waals surface area contributed by atoms with Crippen LogP contribution in [0.1, 0.15) is 31.3 Å². The second kappa shape index (κ2) is 10.7. The predicted molar refractivity (Wildman–Crippen MR) is 126 cm³/mol. The molecule has 164 valence electrons. The highest BCUT2D eigenvalue weighted by Crippen LogP contribution is 2.27. The van der Waals surface area contributed by atoms with Gasteiger partial charge in [-0.2, -0.15) is 0 Å². The fraction of sp³-hybridized carbons (Fsp3) is 0.318. The van der Waals surface area contributed by atoms with E-state index in [0.29, 0.717) is 23.3 Å². The Kier molecular flexibility index (Phi) is 7.97. The number of ether oxygens (including phenoxy) is 2. The van der Waals surface area contributed by atoms with Crippen LogP contribution in [0.25, 0.3) is 0 Å². The molecule has 0 aliphatic rings. The number of benzene rings is 2. The summed E-state index contributed by atoms with van der Waals surface area (Å²) in [6.45, 7) is 6.59. The number of aromatic nitrogens is 3. The molecule has 3 aromatic rings. The topological polar surface area (TPSA) is 78.3 Å². The van der Waals surface area contributed by atoms with E-state index in [1.54, 1.807) is 7.11 Å². The Bertz CT molecular complexity index is 1060. The molecular formula is C22H25BrN4O3S. The van der Waals surface area contributed by atoms with E-state index in [4.69, 9.17) is 9.47 Å². The highest BCUT2D eigenvalue weighted by Gasteiger charge is 2.19. The monoisotopic (exact) mass is 504 g/mol. The summed E-state index contributed by atoms with van der Waals surface area (Å²) >= 11 is 4.81. The largest absolute Gasteiger partial charge is 0.497 e. The first-order chi connectivity index (χ1) is 14.9. The fourth-order valence-electron chi connectivity index (χ4n) is 2.99. The van der Waals surface area contributed by atoms with Gasteiger partial charge in [-0.1, -0.05) is 33.8 Å². The lowest BCUT2D eigenvalue weighted by molar-refractivity contribution is -0.113. The number of carbonyl (C=O) groups is 1. The van der Waals surface area contributed by atoms with Crippen molar-refractivity contribution in [1.82, 2.24) is 14.8 Å². The van der Waals surface area contributed by atoms with Crippen molar-refractivity contribution >= 4 is 39.3 Å². The molecule has 0 fully saturated rings. The molecule has 1 amide bonds. The maximum atomic E-state index is 12.4. The lowest BCUT2D eigenvalue weighted by Gasteiger charge is -2.16. The summed E-state index contributed by atoms with van der Waals surface area (Å²) < 4.78 is 14.2. The molecule has 1 aromatic heterocycles. The van der Waals surface area contributed by atoms with Crippen molar-refractivity contribution < 1.29 is 14.3 Å². The van der Waals surface area contributed by atoms with E-state index in [-0.39, 0.29) is 17.8 Å². The summed E-state index contributed by atoms with van der Waals surface area (Å²) in [4.78, 5) is 12.4. The van der Waals surface area contributed by atoms with Crippen LogP contribution >= 0.6 is 27.7 Å². The number of thioether (sulfide) groups is 1. The second-order valence-electron chi connectivity index (χ2n) is 6.82. The van der Waals surface area contributed by atoms with Crippen LogP contribution in [-0.2, 0) is 11.3 Å². The van der Waals surface area contributed by atoms with Gasteiger partial charge in [0.15, 0.2) is 17.1 Å². The van der Waals surface area contributed by atoms with Crippen molar-refractivity contribution in [2.75, 3.05) is 18.2 Å². The zero-order valence-corrected chi connectivity index (χ0v) is 20.3. The Morgan fingerprint density at radius 2 is 2.00 bits per heavy atom. The Morgan fingerprint density at radius 3 is 2.71 bits per heavy atom. The maximum absolute atomic E-state index is 12.4. The molecule has 1 atom stereocenters. The van der Waals surface area contributed by atoms with Crippen molar-refractivity contribution in [3.8, 4) is 11.5 Å². The number of amides is 1. The van der Waals surface area contributed by atoms with Gasteiger partial charge < -0.3 is 19.4 Å². The van der Waals surface area contributed by atoms with E-state index < -0.39 is 0 Å². The highest BCUT2D eigenvalue weighted by molar-refractivity contribution is 9.10. The predicted octanol–water partition coefficient (Wildman–Crippen LogP) is 5.25. The Labute approximate surface area is 194 Å². The van der Waals surface area contributed by atoms with Gasteiger partial charge in [0.25, 0.3) is 0 Å². The smallest absolute Gasteiger partial charge is 0.234 e. The maximum Gasteiger partial charge on any atom is 0.234 e. The molecule has 2 aromatic carbocycles. The molecule has 0 saturated heterocycles. The molecule has 0 aliphatic carbocycles. The van der Waals surface area contributed by atoms with Crippen molar-refractivity contribution in [2.45, 2.75) is 38.6 Å². The zero-order chi connectivity index (χ0) is 22.4. The van der Waals surface area contributed by atoms with Gasteiger partial charge in [0.1, 0.15) is 11.5 Å². The zero-order valence-electron chi connectivity index (χ0n) is 17.9. The molecule has 1 heterocycles. The summed E-state index contributed by atoms with van der Waals surface area (Å²) in [5.41, 5.74) is 1.83. The van der Waals surface area contributed by atoms with Crippen LogP contribution in [0.15, 0.2) is 52.1 Å². The van der Waals surface area contributed by atoms with Gasteiger partial charge in [-0.25, -0.2) is 0 Å². The van der Waals surface area contributed by atoms with E-state index in [1.165, 1.54) is 11.8 Å². The van der Waals surface area contributed by atoms with Gasteiger partial charge in [-0.15, -0.1) is 10.2 Å². The quantitative estimate of drug-likeness (QED) is 0.401. The third-order valence-corrected chi connectivity index (χ3v) is 6.41. The molecule has 1 N–H and O–H groups in total. The first-order valence-corrected chi connectivity index (χ1v) is 11.6. The summed E-state index contributed by atoms with van der Waals surface area (Å²) in [5.74, 6) is 2.26. The highest BCUT2D eigenvalue weighted by atomic mass is 79.9. The Morgan fingerprint density at radius 1 is 1.23 bits per heavy atom. The summed E-state index contributed by atoms with van der Waals surface area (Å²) in [6, 6.07) is 13.1. The van der Waals surface area contributed by atoms with Gasteiger partial charge >= 0.3 is 0 Å². The van der Waals surface area contributed by atoms with Crippen molar-refractivity contribution in [2.24, 2.45) is 0 Å². The standard InChI is InChI=1S/C22H25BrN4O3S/c1-5-27-21(15(3)30-18-8-6-7-17(12-18)29-4)25-26-22(27)31-13-20(28)24-16-9-10-19(23)14(2)11-16/h6-12,15H,5,13H2,1-4H3,(H,24,28). The molecule has 3 rings (SSSR count). The third-order valence-electron chi connectivity index (χ3n) is 4.55. The molecule has 0 radical (unpaired) electrons. The van der Waals surface area contributed by atoms with Crippen LogP contribution in [-0.4, -0.2) is 33.5 Å². The fourth-order valence-corrected chi connectivity index (χ4v) is 4.04. The lowest BCUT2D eigenvalue weighted by atomic mass is 10.2. The molecule has 0 aliphatic heterocycles. The number of methoxy groups -OCH3 is 1. The molecule has 9 heteroatoms. The van der Waals surface area contributed by atoms with Gasteiger partial charge in [0.05, 0.1) is 12.9 Å². The van der Waals surface area contributed by atoms with E-state index in [1.807, 2.05) is 67.8 Å². The number of rotatable bonds is 9. The lowest BCUT2D eigenvalue weighted by Crippen LogP contribution is -2.15. The van der Waals surface area contributed by atoms with Gasteiger partial charge in [-0.3, -0.25) is 4.79 Å². The summed E-state index contributed by atoms with van der Waals surface area (Å²) in [7, 11) is 1.62. The third kappa shape index (κ3) is 6.01. The molecular weight excluding hydrogens is 480 g/mol. The Hall–Kier alpha value is -2.52. The summed E-state index contributed by atoms with van der Waals surface area (Å²) in [6.07, 6.45) is -0.312. The second-order valence-corrected chi connectivity index (χ2v) is 8.62. The number of nitrogens with one attached hydrogen (secondary N) is 1. The van der Waals surface area contributed by atoms with Crippen LogP contribution < -0.4 is 14.8 Å². The number of carbonyl (C=O) groups excluding carboxylic acids is 1. The number of aryl methyl sites for hydroxylation is 1. The van der Waals surface area contributed by atoms with Crippen LogP contribution in [0.4, 0.5) is 5.69 Å². The average molecular weight is 505 g/mol. The molecule has 0 spiro atoms. The molecule has 1 unspecified atom stereocenters. The number of hydrogen-bond acceptors (Lipinski definition) is 6. The minimum atomic E-state index is -0.312. The van der Waals surface area contributed by atoms with Crippen molar-refractivity contribution in [3.63, 3.8) is 0 Å². The van der Waals surface area contributed by atoms with Gasteiger partial charge in [0.2, 0.25) is 5.91 Å². The van der Waals surface area contributed by atoms with Crippen molar-refractivity contribution in [1.29, 1.82) is 0 Å². The van der Waals surface area contributed by atoms with Crippen LogP contribution in [0, 0.1) is 6.92 Å². The van der Waals surface area contributed by atoms with E-state index >= 15 is 0 Å². The summed E-state index contributed by atoms with van der Waals surface area (Å²) in [5, 5.41) is 12.2. The average Bonchev–Trinajstić information content (AvgIpc) is 3.18. The molecule has 0 saturated carbocycles. The number of hydrogen-bond donors (Lipinski definition) is 1. The number of halogens is 1. The minimum Gasteiger partial charge on any atom is -0.497 e. The van der Waals surface area contributed by atoms with Crippen molar-refractivity contribution in [3.05, 3.63) is 58.3 Å². The first-order valence-electron chi connectivity index (χ1n) is 9.83. The van der Waals surface area contributed by atoms with Gasteiger partial charge in [0, 0.05) is 22.8 Å². The van der Waals surface area contributed by atoms with E-state index in [0.717, 1.165) is 21.5 Å². The molecule has 31 heavy (non-hydrogen) atoms. The first kappa shape index (κ1) is 23.1. The minimum absolute atomic E-state index is 0.0976. The SMILES string of the molecule is CCn1c(SCC(=O)Nc2ccc(Br)c(C)c2)nnc1C(C)Oc1cccc(OC)c1.